The van der Waals surface area contributed by atoms with Crippen LogP contribution in [0.5, 0.6) is 34.5 Å². The average molecular weight is 835 g/mol. The van der Waals surface area contributed by atoms with Crippen LogP contribution in [-0.4, -0.2) is 51.1 Å². The molecule has 0 bridgehead atoms. The molecule has 0 aromatic heterocycles. The number of methoxy groups -OCH3 is 6. The van der Waals surface area contributed by atoms with E-state index in [2.05, 4.69) is 0 Å². The van der Waals surface area contributed by atoms with E-state index in [-0.39, 0.29) is 11.5 Å². The van der Waals surface area contributed by atoms with Crippen LogP contribution in [0, 0.1) is 0 Å². The van der Waals surface area contributed by atoms with E-state index in [4.69, 9.17) is 28.4 Å². The molecule has 0 amide bonds. The molecule has 0 spiro atoms. The lowest BCUT2D eigenvalue weighted by atomic mass is 10.0. The van der Waals surface area contributed by atoms with E-state index in [0.29, 0.717) is 67.9 Å². The van der Waals surface area contributed by atoms with Crippen molar-refractivity contribution in [2.24, 2.45) is 0 Å². The topological polar surface area (TPSA) is 89.5 Å². The van der Waals surface area contributed by atoms with Crippen molar-refractivity contribution in [3.05, 3.63) is 177 Å². The molecule has 0 saturated carbocycles. The van der Waals surface area contributed by atoms with E-state index in [0.717, 1.165) is 22.3 Å². The van der Waals surface area contributed by atoms with Crippen LogP contribution in [-0.2, 0) is 21.3 Å². The van der Waals surface area contributed by atoms with Gasteiger partial charge < -0.3 is 28.4 Å². The lowest BCUT2D eigenvalue weighted by Crippen LogP contribution is -2.09. The summed E-state index contributed by atoms with van der Waals surface area (Å²) in [6.07, 6.45) is 15.4. The Balaban J connectivity index is 1.42. The van der Waals surface area contributed by atoms with E-state index in [1.807, 2.05) is 170 Å². The number of hydrogen-bond donors (Lipinski definition) is 0. The summed E-state index contributed by atoms with van der Waals surface area (Å²) in [7, 11) is 5.96. The molecule has 0 saturated heterocycles. The van der Waals surface area contributed by atoms with Gasteiger partial charge in [-0.05, 0) is 59.7 Å². The normalized spacial score (nSPS) is 11.8. The van der Waals surface area contributed by atoms with Gasteiger partial charge in [0.2, 0.25) is 0 Å². The summed E-state index contributed by atoms with van der Waals surface area (Å²) in [5, 5.41) is 0. The molecule has 312 valence electrons. The molecule has 6 aromatic rings. The van der Waals surface area contributed by atoms with E-state index in [9.17, 15) is 8.42 Å². The molecule has 0 radical (unpaired) electrons. The van der Waals surface area contributed by atoms with Crippen LogP contribution in [0.4, 0.5) is 0 Å². The average Bonchev–Trinajstić information content (AvgIpc) is 3.28. The van der Waals surface area contributed by atoms with Crippen molar-refractivity contribution in [3.8, 4) is 34.5 Å². The molecule has 6 rings (SSSR count). The summed E-state index contributed by atoms with van der Waals surface area (Å²) < 4.78 is 63.0. The van der Waals surface area contributed by atoms with Gasteiger partial charge in [-0.15, -0.1) is 0 Å². The quantitative estimate of drug-likeness (QED) is 0.0791. The lowest BCUT2D eigenvalue weighted by molar-refractivity contribution is 0.412. The number of sulfone groups is 1. The summed E-state index contributed by atoms with van der Waals surface area (Å²) in [4.78, 5) is 0. The maximum Gasteiger partial charge on any atom is 0.158 e. The molecule has 0 heterocycles. The van der Waals surface area contributed by atoms with Gasteiger partial charge in [0.1, 0.15) is 34.5 Å². The minimum atomic E-state index is -3.76. The highest BCUT2D eigenvalue weighted by Gasteiger charge is 2.19. The van der Waals surface area contributed by atoms with E-state index < -0.39 is 9.84 Å². The van der Waals surface area contributed by atoms with Gasteiger partial charge in [-0.3, -0.25) is 0 Å². The molecule has 0 aliphatic carbocycles. The molecule has 9 heteroatoms. The Hall–Kier alpha value is -6.97. The van der Waals surface area contributed by atoms with Gasteiger partial charge in [-0.25, -0.2) is 8.42 Å². The van der Waals surface area contributed by atoms with Gasteiger partial charge in [0.15, 0.2) is 9.84 Å². The zero-order chi connectivity index (χ0) is 43.2. The smallest absolute Gasteiger partial charge is 0.158 e. The Kier molecular flexibility index (Phi) is 14.9. The van der Waals surface area contributed by atoms with Gasteiger partial charge in [0.25, 0.3) is 0 Å². The van der Waals surface area contributed by atoms with Crippen molar-refractivity contribution in [3.63, 3.8) is 0 Å². The first-order valence-corrected chi connectivity index (χ1v) is 21.4. The largest absolute Gasteiger partial charge is 0.496 e. The predicted octanol–water partition coefficient (Wildman–Crippen LogP) is 11.5. The van der Waals surface area contributed by atoms with Gasteiger partial charge in [0.05, 0.1) is 54.2 Å². The first-order chi connectivity index (χ1) is 29.7. The number of benzene rings is 6. The lowest BCUT2D eigenvalue weighted by Gasteiger charge is -2.15. The molecule has 0 aliphatic heterocycles. The van der Waals surface area contributed by atoms with Crippen molar-refractivity contribution < 1.29 is 36.8 Å². The molecule has 0 aliphatic rings. The standard InChI is InChI=1S/C52H50O8S/c1-55-47-19-11-7-15-39(47)23-27-43-31-37(32-44(51(43)59-5)28-24-40-16-8-12-20-48(40)56-2)35-61(53,54)36-38-33-45(29-25-41-17-9-13-21-49(41)57-3)52(60-6)46(34-38)30-26-42-18-10-14-22-50(42)58-4/h7-34H,35-36H2,1-6H3/b27-23+,28-24+,29-25+,30-26+. The fraction of sp³-hybridized carbons (Fsp3) is 0.154. The van der Waals surface area contributed by atoms with Crippen LogP contribution < -0.4 is 28.4 Å². The van der Waals surface area contributed by atoms with Crippen molar-refractivity contribution in [2.75, 3.05) is 42.7 Å². The summed E-state index contributed by atoms with van der Waals surface area (Å²) in [6, 6.07) is 38.2. The highest BCUT2D eigenvalue weighted by molar-refractivity contribution is 7.89. The summed E-state index contributed by atoms with van der Waals surface area (Å²) in [6.45, 7) is 0. The molecule has 0 atom stereocenters. The number of para-hydroxylation sites is 4. The minimum Gasteiger partial charge on any atom is -0.496 e. The SMILES string of the molecule is COc1ccccc1/C=C/c1cc(CS(=O)(=O)Cc2cc(/C=C/c3ccccc3OC)c(OC)c(/C=C/c3ccccc3OC)c2)cc(/C=C/c2ccccc2OC)c1OC. The van der Waals surface area contributed by atoms with Gasteiger partial charge in [0, 0.05) is 44.5 Å². The molecular formula is C52H50O8S. The van der Waals surface area contributed by atoms with E-state index >= 15 is 0 Å². The van der Waals surface area contributed by atoms with Gasteiger partial charge in [-0.1, -0.05) is 121 Å². The Labute approximate surface area is 359 Å². The Morgan fingerprint density at radius 2 is 0.574 bits per heavy atom. The molecule has 61 heavy (non-hydrogen) atoms. The molecule has 0 unspecified atom stereocenters. The first-order valence-electron chi connectivity index (χ1n) is 19.6. The molecule has 0 N–H and O–H groups in total. The zero-order valence-corrected chi connectivity index (χ0v) is 36.1. The molecular weight excluding hydrogens is 785 g/mol. The fourth-order valence-electron chi connectivity index (χ4n) is 7.10. The van der Waals surface area contributed by atoms with Crippen molar-refractivity contribution >= 4 is 58.4 Å². The van der Waals surface area contributed by atoms with Gasteiger partial charge >= 0.3 is 0 Å². The molecule has 8 nitrogen and oxygen atoms in total. The number of rotatable bonds is 18. The molecule has 6 aromatic carbocycles. The second-order valence-electron chi connectivity index (χ2n) is 13.9. The minimum absolute atomic E-state index is 0.229. The highest BCUT2D eigenvalue weighted by Crippen LogP contribution is 2.35. The summed E-state index contributed by atoms with van der Waals surface area (Å²) in [5.74, 6) is 3.56. The van der Waals surface area contributed by atoms with Crippen molar-refractivity contribution in [2.45, 2.75) is 11.5 Å². The van der Waals surface area contributed by atoms with Crippen LogP contribution in [0.25, 0.3) is 48.6 Å². The van der Waals surface area contributed by atoms with Crippen LogP contribution in [0.15, 0.2) is 121 Å². The third kappa shape index (κ3) is 11.2. The highest BCUT2D eigenvalue weighted by atomic mass is 32.2. The Bertz CT molecular complexity index is 2360. The molecule has 0 fully saturated rings. The van der Waals surface area contributed by atoms with Crippen LogP contribution in [0.3, 0.4) is 0 Å². The number of ether oxygens (including phenoxy) is 6. The van der Waals surface area contributed by atoms with Crippen LogP contribution >= 0.6 is 0 Å². The summed E-state index contributed by atoms with van der Waals surface area (Å²) >= 11 is 0. The third-order valence-corrected chi connectivity index (χ3v) is 11.5. The predicted molar refractivity (Wildman–Crippen MR) is 250 cm³/mol. The maximum absolute atomic E-state index is 14.4. The second kappa shape index (κ2) is 20.8. The van der Waals surface area contributed by atoms with Crippen molar-refractivity contribution in [1.82, 2.24) is 0 Å². The number of hydrogen-bond acceptors (Lipinski definition) is 8. The van der Waals surface area contributed by atoms with Gasteiger partial charge in [-0.2, -0.15) is 0 Å². The second-order valence-corrected chi connectivity index (χ2v) is 16.0. The van der Waals surface area contributed by atoms with Crippen LogP contribution in [0.1, 0.15) is 55.6 Å². The Morgan fingerprint density at radius 1 is 0.344 bits per heavy atom. The summed E-state index contributed by atoms with van der Waals surface area (Å²) in [5.41, 5.74) is 7.47. The first kappa shape index (κ1) is 43.6. The van der Waals surface area contributed by atoms with E-state index in [1.165, 1.54) is 0 Å². The van der Waals surface area contributed by atoms with Crippen LogP contribution in [0.2, 0.25) is 0 Å². The fourth-order valence-corrected chi connectivity index (χ4v) is 8.56. The maximum atomic E-state index is 14.4. The monoisotopic (exact) mass is 834 g/mol. The zero-order valence-electron chi connectivity index (χ0n) is 35.3. The van der Waals surface area contributed by atoms with Crippen molar-refractivity contribution in [1.29, 1.82) is 0 Å². The Morgan fingerprint density at radius 3 is 0.803 bits per heavy atom. The van der Waals surface area contributed by atoms with E-state index in [1.54, 1.807) is 42.7 Å². The third-order valence-electron chi connectivity index (χ3n) is 9.92.